The van der Waals surface area contributed by atoms with Crippen LogP contribution in [0.15, 0.2) is 78.1 Å². The summed E-state index contributed by atoms with van der Waals surface area (Å²) in [5.41, 5.74) is 3.91. The number of nitrogens with one attached hydrogen (secondary N) is 2. The number of aromatic nitrogens is 3. The summed E-state index contributed by atoms with van der Waals surface area (Å²) in [6, 6.07) is 15.6. The molecule has 0 aliphatic rings. The predicted octanol–water partition coefficient (Wildman–Crippen LogP) is 4.19. The lowest BCUT2D eigenvalue weighted by atomic mass is 10.1. The molecule has 1 amide bonds. The van der Waals surface area contributed by atoms with Gasteiger partial charge in [0, 0.05) is 42.5 Å². The van der Waals surface area contributed by atoms with Gasteiger partial charge >= 0.3 is 0 Å². The number of rotatable bonds is 6. The number of para-hydroxylation sites is 1. The monoisotopic (exact) mass is 461 g/mol. The standard InChI is InChI=1S/C24H23N5O3S/c1-16-8-4-6-10-20(16)27-23-21(12-17(13-25-23)18-14-26-29(2)15-18)28-24(30)19-9-5-7-11-22(19)33(3,31)32/h4-15H,1-3H3,(H,25,27)(H,28,30). The fourth-order valence-corrected chi connectivity index (χ4v) is 4.28. The minimum absolute atomic E-state index is 0.0349. The number of benzene rings is 2. The highest BCUT2D eigenvalue weighted by Crippen LogP contribution is 2.30. The van der Waals surface area contributed by atoms with Crippen molar-refractivity contribution in [1.82, 2.24) is 14.8 Å². The van der Waals surface area contributed by atoms with Gasteiger partial charge < -0.3 is 10.6 Å². The SMILES string of the molecule is Cc1ccccc1Nc1ncc(-c2cnn(C)c2)cc1NC(=O)c1ccccc1S(C)(=O)=O. The molecule has 168 valence electrons. The second-order valence-corrected chi connectivity index (χ2v) is 9.67. The third kappa shape index (κ3) is 4.93. The smallest absolute Gasteiger partial charge is 0.257 e. The number of aryl methyl sites for hydroxylation is 2. The molecule has 2 heterocycles. The Hall–Kier alpha value is -3.98. The van der Waals surface area contributed by atoms with Gasteiger partial charge in [0.05, 0.1) is 22.3 Å². The maximum Gasteiger partial charge on any atom is 0.257 e. The molecule has 0 aliphatic carbocycles. The molecule has 2 aromatic carbocycles. The molecule has 0 aliphatic heterocycles. The molecule has 2 N–H and O–H groups in total. The van der Waals surface area contributed by atoms with Crippen LogP contribution in [0, 0.1) is 6.92 Å². The van der Waals surface area contributed by atoms with E-state index in [2.05, 4.69) is 20.7 Å². The van der Waals surface area contributed by atoms with Crippen LogP contribution >= 0.6 is 0 Å². The first-order valence-corrected chi connectivity index (χ1v) is 12.0. The highest BCUT2D eigenvalue weighted by atomic mass is 32.2. The van der Waals surface area contributed by atoms with E-state index in [0.717, 1.165) is 28.6 Å². The van der Waals surface area contributed by atoms with Crippen molar-refractivity contribution in [2.24, 2.45) is 7.05 Å². The summed E-state index contributed by atoms with van der Waals surface area (Å²) in [7, 11) is -1.77. The van der Waals surface area contributed by atoms with Crippen molar-refractivity contribution in [3.8, 4) is 11.1 Å². The Morgan fingerprint density at radius 2 is 1.70 bits per heavy atom. The summed E-state index contributed by atoms with van der Waals surface area (Å²) in [6.45, 7) is 1.97. The molecule has 0 fully saturated rings. The number of hydrogen-bond acceptors (Lipinski definition) is 6. The van der Waals surface area contributed by atoms with E-state index in [1.54, 1.807) is 35.3 Å². The van der Waals surface area contributed by atoms with Crippen molar-refractivity contribution >= 4 is 32.9 Å². The Morgan fingerprint density at radius 3 is 2.39 bits per heavy atom. The van der Waals surface area contributed by atoms with Crippen LogP contribution in [-0.4, -0.2) is 35.3 Å². The fourth-order valence-electron chi connectivity index (χ4n) is 3.40. The zero-order valence-corrected chi connectivity index (χ0v) is 19.2. The highest BCUT2D eigenvalue weighted by Gasteiger charge is 2.20. The van der Waals surface area contributed by atoms with E-state index in [4.69, 9.17) is 0 Å². The van der Waals surface area contributed by atoms with E-state index >= 15 is 0 Å². The second kappa shape index (κ2) is 8.87. The molecule has 33 heavy (non-hydrogen) atoms. The molecule has 0 saturated heterocycles. The van der Waals surface area contributed by atoms with Crippen molar-refractivity contribution in [2.45, 2.75) is 11.8 Å². The molecule has 2 aromatic heterocycles. The van der Waals surface area contributed by atoms with Crippen molar-refractivity contribution < 1.29 is 13.2 Å². The molecular formula is C24H23N5O3S. The van der Waals surface area contributed by atoms with Gasteiger partial charge in [0.15, 0.2) is 15.7 Å². The molecule has 4 rings (SSSR count). The van der Waals surface area contributed by atoms with Gasteiger partial charge in [-0.2, -0.15) is 5.10 Å². The average molecular weight is 462 g/mol. The molecule has 8 nitrogen and oxygen atoms in total. The first-order chi connectivity index (χ1) is 15.7. The number of carbonyl (C=O) groups excluding carboxylic acids is 1. The lowest BCUT2D eigenvalue weighted by molar-refractivity contribution is 0.102. The van der Waals surface area contributed by atoms with E-state index in [-0.39, 0.29) is 10.5 Å². The van der Waals surface area contributed by atoms with Crippen molar-refractivity contribution in [3.05, 3.63) is 84.3 Å². The minimum atomic E-state index is -3.59. The van der Waals surface area contributed by atoms with Crippen LogP contribution in [0.4, 0.5) is 17.2 Å². The van der Waals surface area contributed by atoms with E-state index < -0.39 is 15.7 Å². The van der Waals surface area contributed by atoms with Gasteiger partial charge in [0.25, 0.3) is 5.91 Å². The zero-order chi connectivity index (χ0) is 23.6. The zero-order valence-electron chi connectivity index (χ0n) is 18.4. The minimum Gasteiger partial charge on any atom is -0.338 e. The summed E-state index contributed by atoms with van der Waals surface area (Å²) in [5.74, 6) is -0.115. The molecule has 0 unspecified atom stereocenters. The number of amides is 1. The van der Waals surface area contributed by atoms with E-state index in [1.807, 2.05) is 44.4 Å². The molecule has 0 saturated carbocycles. The largest absolute Gasteiger partial charge is 0.338 e. The first-order valence-electron chi connectivity index (χ1n) is 10.1. The Morgan fingerprint density at radius 1 is 0.970 bits per heavy atom. The van der Waals surface area contributed by atoms with Gasteiger partial charge in [0.2, 0.25) is 0 Å². The van der Waals surface area contributed by atoms with Gasteiger partial charge in [-0.1, -0.05) is 30.3 Å². The van der Waals surface area contributed by atoms with Crippen molar-refractivity contribution in [1.29, 1.82) is 0 Å². The number of sulfone groups is 1. The number of carbonyl (C=O) groups is 1. The van der Waals surface area contributed by atoms with Gasteiger partial charge in [0.1, 0.15) is 0 Å². The van der Waals surface area contributed by atoms with Crippen LogP contribution in [0.3, 0.4) is 0 Å². The Balaban J connectivity index is 1.76. The molecule has 4 aromatic rings. The van der Waals surface area contributed by atoms with Crippen LogP contribution < -0.4 is 10.6 Å². The van der Waals surface area contributed by atoms with Crippen molar-refractivity contribution in [3.63, 3.8) is 0 Å². The quantitative estimate of drug-likeness (QED) is 0.446. The van der Waals surface area contributed by atoms with Crippen molar-refractivity contribution in [2.75, 3.05) is 16.9 Å². The highest BCUT2D eigenvalue weighted by molar-refractivity contribution is 7.90. The molecule has 0 spiro atoms. The maximum atomic E-state index is 13.2. The van der Waals surface area contributed by atoms with Crippen LogP contribution in [0.1, 0.15) is 15.9 Å². The van der Waals surface area contributed by atoms with Crippen LogP contribution in [-0.2, 0) is 16.9 Å². The maximum absolute atomic E-state index is 13.2. The molecule has 0 bridgehead atoms. The molecule has 0 radical (unpaired) electrons. The molecule has 9 heteroatoms. The topological polar surface area (TPSA) is 106 Å². The van der Waals surface area contributed by atoms with Gasteiger partial charge in [-0.05, 0) is 36.8 Å². The Bertz CT molecular complexity index is 1440. The van der Waals surface area contributed by atoms with Gasteiger partial charge in [-0.25, -0.2) is 13.4 Å². The second-order valence-electron chi connectivity index (χ2n) is 7.69. The fraction of sp³-hybridized carbons (Fsp3) is 0.125. The summed E-state index contributed by atoms with van der Waals surface area (Å²) < 4.78 is 26.0. The van der Waals surface area contributed by atoms with E-state index in [0.29, 0.717) is 11.5 Å². The summed E-state index contributed by atoms with van der Waals surface area (Å²) in [6.07, 6.45) is 6.32. The van der Waals surface area contributed by atoms with Crippen LogP contribution in [0.5, 0.6) is 0 Å². The third-order valence-electron chi connectivity index (χ3n) is 5.10. The number of pyridine rings is 1. The molecule has 0 atom stereocenters. The van der Waals surface area contributed by atoms with Crippen LogP contribution in [0.25, 0.3) is 11.1 Å². The lowest BCUT2D eigenvalue weighted by Crippen LogP contribution is -2.17. The first kappa shape index (κ1) is 22.2. The lowest BCUT2D eigenvalue weighted by Gasteiger charge is -2.15. The average Bonchev–Trinajstić information content (AvgIpc) is 3.22. The number of nitrogens with zero attached hydrogens (tertiary/aromatic N) is 3. The van der Waals surface area contributed by atoms with E-state index in [1.165, 1.54) is 12.1 Å². The summed E-state index contributed by atoms with van der Waals surface area (Å²) in [5, 5.41) is 10.3. The number of anilines is 3. The third-order valence-corrected chi connectivity index (χ3v) is 6.26. The normalized spacial score (nSPS) is 11.2. The van der Waals surface area contributed by atoms with E-state index in [9.17, 15) is 13.2 Å². The Kier molecular flexibility index (Phi) is 5.97. The van der Waals surface area contributed by atoms with Gasteiger partial charge in [-0.3, -0.25) is 9.48 Å². The Labute approximate surface area is 192 Å². The van der Waals surface area contributed by atoms with Crippen LogP contribution in [0.2, 0.25) is 0 Å². The summed E-state index contributed by atoms with van der Waals surface area (Å²) >= 11 is 0. The predicted molar refractivity (Wildman–Crippen MR) is 128 cm³/mol. The summed E-state index contributed by atoms with van der Waals surface area (Å²) in [4.78, 5) is 17.7. The molecular weight excluding hydrogens is 438 g/mol. The number of hydrogen-bond donors (Lipinski definition) is 2. The van der Waals surface area contributed by atoms with Gasteiger partial charge in [-0.15, -0.1) is 0 Å².